The summed E-state index contributed by atoms with van der Waals surface area (Å²) in [5.41, 5.74) is 2.56. The second kappa shape index (κ2) is 7.38. The molecule has 24 heavy (non-hydrogen) atoms. The number of hydrogen-bond acceptors (Lipinski definition) is 2. The van der Waals surface area contributed by atoms with Gasteiger partial charge in [-0.3, -0.25) is 0 Å². The Balaban J connectivity index is 2.04. The quantitative estimate of drug-likeness (QED) is 0.797. The summed E-state index contributed by atoms with van der Waals surface area (Å²) in [5, 5.41) is 19.0. The molecule has 1 N–H and O–H groups in total. The lowest BCUT2D eigenvalue weighted by Gasteiger charge is -2.42. The number of benzene rings is 1. The molecule has 3 nitrogen and oxygen atoms in total. The molecule has 3 atom stereocenters. The third kappa shape index (κ3) is 3.20. The monoisotopic (exact) mass is 325 g/mol. The second-order valence-corrected chi connectivity index (χ2v) is 7.54. The van der Waals surface area contributed by atoms with Crippen LogP contribution >= 0.6 is 0 Å². The number of hydrogen-bond donors (Lipinski definition) is 1. The fourth-order valence-electron chi connectivity index (χ4n) is 5.07. The second-order valence-electron chi connectivity index (χ2n) is 7.54. The Morgan fingerprint density at radius 3 is 2.62 bits per heavy atom. The fraction of sp³-hybridized carbons (Fsp3) is 0.619. The molecule has 0 amide bonds. The van der Waals surface area contributed by atoms with Crippen LogP contribution in [-0.2, 0) is 0 Å². The molecule has 0 bridgehead atoms. The van der Waals surface area contributed by atoms with Gasteiger partial charge in [-0.1, -0.05) is 45.1 Å². The van der Waals surface area contributed by atoms with E-state index in [1.165, 1.54) is 44.1 Å². The summed E-state index contributed by atoms with van der Waals surface area (Å²) in [4.78, 5) is 11.3. The number of nitriles is 1. The molecule has 128 valence electrons. The number of aromatic carboxylic acids is 1. The summed E-state index contributed by atoms with van der Waals surface area (Å²) >= 11 is 0. The van der Waals surface area contributed by atoms with Crippen molar-refractivity contribution in [2.24, 2.45) is 11.8 Å². The van der Waals surface area contributed by atoms with Crippen molar-refractivity contribution in [3.63, 3.8) is 0 Å². The first kappa shape index (κ1) is 17.0. The van der Waals surface area contributed by atoms with Crippen molar-refractivity contribution >= 4 is 5.97 Å². The minimum atomic E-state index is -0.903. The molecular weight excluding hydrogens is 298 g/mol. The van der Waals surface area contributed by atoms with E-state index in [-0.39, 0.29) is 5.92 Å². The van der Waals surface area contributed by atoms with Gasteiger partial charge in [-0.25, -0.2) is 4.79 Å². The zero-order chi connectivity index (χ0) is 17.1. The Morgan fingerprint density at radius 1 is 1.25 bits per heavy atom. The van der Waals surface area contributed by atoms with Crippen molar-refractivity contribution in [3.8, 4) is 6.07 Å². The van der Waals surface area contributed by atoms with Gasteiger partial charge >= 0.3 is 5.97 Å². The first-order valence-electron chi connectivity index (χ1n) is 9.42. The van der Waals surface area contributed by atoms with Gasteiger partial charge in [0.05, 0.1) is 17.6 Å². The lowest BCUT2D eigenvalue weighted by molar-refractivity contribution is 0.0696. The third-order valence-corrected chi connectivity index (χ3v) is 6.09. The van der Waals surface area contributed by atoms with Gasteiger partial charge in [-0.2, -0.15) is 5.26 Å². The summed E-state index contributed by atoms with van der Waals surface area (Å²) in [6, 6.07) is 7.97. The number of fused-ring (bicyclic) bond motifs is 1. The number of carboxylic acids is 1. The molecule has 1 aromatic carbocycles. The molecule has 0 saturated heterocycles. The average molecular weight is 325 g/mol. The lowest BCUT2D eigenvalue weighted by atomic mass is 9.62. The van der Waals surface area contributed by atoms with Crippen LogP contribution in [0.5, 0.6) is 0 Å². The van der Waals surface area contributed by atoms with Crippen molar-refractivity contribution in [3.05, 3.63) is 34.9 Å². The average Bonchev–Trinajstić information content (AvgIpc) is 2.61. The summed E-state index contributed by atoms with van der Waals surface area (Å²) < 4.78 is 0. The zero-order valence-corrected chi connectivity index (χ0v) is 14.5. The predicted octanol–water partition coefficient (Wildman–Crippen LogP) is 5.48. The highest BCUT2D eigenvalue weighted by molar-refractivity contribution is 5.88. The van der Waals surface area contributed by atoms with Crippen molar-refractivity contribution < 1.29 is 9.90 Å². The van der Waals surface area contributed by atoms with Gasteiger partial charge in [0.15, 0.2) is 0 Å². The maximum absolute atomic E-state index is 11.3. The van der Waals surface area contributed by atoms with Crippen molar-refractivity contribution in [2.45, 2.75) is 70.1 Å². The zero-order valence-electron chi connectivity index (χ0n) is 14.5. The van der Waals surface area contributed by atoms with Gasteiger partial charge in [0.2, 0.25) is 0 Å². The number of rotatable bonds is 4. The number of nitrogens with zero attached hydrogens (tertiary/aromatic N) is 1. The standard InChI is InChI=1S/C21H27NO2/c1-2-6-15-11-17(13-22)19-12-16(21(23)24)9-10-18(19)20(15)14-7-4-3-5-8-14/h9-10,12,14-15,17,20H,2-8,11H2,1H3,(H,23,24)/t15-,17?,20+/m1/s1. The van der Waals surface area contributed by atoms with Crippen LogP contribution in [0.15, 0.2) is 18.2 Å². The van der Waals surface area contributed by atoms with E-state index in [0.717, 1.165) is 18.4 Å². The molecule has 2 aliphatic rings. The number of carboxylic acid groups (broad SMARTS) is 1. The SMILES string of the molecule is CCC[C@@H]1CC(C#N)c2cc(C(=O)O)ccc2[C@H]1C1CCCCC1. The molecule has 0 spiro atoms. The summed E-state index contributed by atoms with van der Waals surface area (Å²) in [6.45, 7) is 2.22. The molecule has 0 heterocycles. The van der Waals surface area contributed by atoms with Gasteiger partial charge in [0.25, 0.3) is 0 Å². The molecule has 1 unspecified atom stereocenters. The third-order valence-electron chi connectivity index (χ3n) is 6.09. The van der Waals surface area contributed by atoms with Gasteiger partial charge < -0.3 is 5.11 Å². The Bertz CT molecular complexity index is 640. The molecular formula is C21H27NO2. The molecule has 3 rings (SSSR count). The van der Waals surface area contributed by atoms with E-state index in [2.05, 4.69) is 13.0 Å². The summed E-state index contributed by atoms with van der Waals surface area (Å²) in [6.07, 6.45) is 9.72. The van der Waals surface area contributed by atoms with Gasteiger partial charge in [-0.15, -0.1) is 0 Å². The molecule has 1 fully saturated rings. The highest BCUT2D eigenvalue weighted by Gasteiger charge is 2.39. The Labute approximate surface area is 144 Å². The van der Waals surface area contributed by atoms with Crippen LogP contribution in [0.3, 0.4) is 0 Å². The minimum Gasteiger partial charge on any atom is -0.478 e. The van der Waals surface area contributed by atoms with Crippen LogP contribution in [0, 0.1) is 23.2 Å². The largest absolute Gasteiger partial charge is 0.478 e. The maximum Gasteiger partial charge on any atom is 0.335 e. The first-order chi connectivity index (χ1) is 11.7. The molecule has 0 radical (unpaired) electrons. The topological polar surface area (TPSA) is 61.1 Å². The lowest BCUT2D eigenvalue weighted by Crippen LogP contribution is -2.30. The number of carbonyl (C=O) groups is 1. The molecule has 1 aromatic rings. The van der Waals surface area contributed by atoms with E-state index in [1.807, 2.05) is 6.07 Å². The summed E-state index contributed by atoms with van der Waals surface area (Å²) in [5.74, 6) is 0.707. The predicted molar refractivity (Wildman–Crippen MR) is 94.1 cm³/mol. The van der Waals surface area contributed by atoms with Crippen molar-refractivity contribution in [1.82, 2.24) is 0 Å². The molecule has 2 aliphatic carbocycles. The van der Waals surface area contributed by atoms with E-state index < -0.39 is 5.97 Å². The van der Waals surface area contributed by atoms with Crippen LogP contribution in [0.1, 0.15) is 91.6 Å². The smallest absolute Gasteiger partial charge is 0.335 e. The van der Waals surface area contributed by atoms with E-state index in [9.17, 15) is 15.2 Å². The van der Waals surface area contributed by atoms with Gasteiger partial charge in [0, 0.05) is 0 Å². The highest BCUT2D eigenvalue weighted by atomic mass is 16.4. The van der Waals surface area contributed by atoms with Crippen molar-refractivity contribution in [2.75, 3.05) is 0 Å². The van der Waals surface area contributed by atoms with Gasteiger partial charge in [0.1, 0.15) is 0 Å². The minimum absolute atomic E-state index is 0.157. The maximum atomic E-state index is 11.3. The molecule has 0 aliphatic heterocycles. The van der Waals surface area contributed by atoms with Crippen LogP contribution in [0.2, 0.25) is 0 Å². The van der Waals surface area contributed by atoms with E-state index in [4.69, 9.17) is 0 Å². The molecule has 0 aromatic heterocycles. The Hall–Kier alpha value is -1.82. The van der Waals surface area contributed by atoms with Crippen LogP contribution in [-0.4, -0.2) is 11.1 Å². The molecule has 3 heteroatoms. The Morgan fingerprint density at radius 2 is 2.00 bits per heavy atom. The Kier molecular flexibility index (Phi) is 5.23. The summed E-state index contributed by atoms with van der Waals surface area (Å²) in [7, 11) is 0. The van der Waals surface area contributed by atoms with Crippen molar-refractivity contribution in [1.29, 1.82) is 5.26 Å². The first-order valence-corrected chi connectivity index (χ1v) is 9.42. The van der Waals surface area contributed by atoms with Crippen LogP contribution in [0.4, 0.5) is 0 Å². The van der Waals surface area contributed by atoms with Crippen LogP contribution in [0.25, 0.3) is 0 Å². The highest BCUT2D eigenvalue weighted by Crippen LogP contribution is 2.51. The van der Waals surface area contributed by atoms with E-state index in [1.54, 1.807) is 12.1 Å². The van der Waals surface area contributed by atoms with Crippen LogP contribution < -0.4 is 0 Å². The van der Waals surface area contributed by atoms with E-state index in [0.29, 0.717) is 23.3 Å². The van der Waals surface area contributed by atoms with Gasteiger partial charge in [-0.05, 0) is 60.3 Å². The normalized spacial score (nSPS) is 27.2. The van der Waals surface area contributed by atoms with E-state index >= 15 is 0 Å². The fourth-order valence-corrected chi connectivity index (χ4v) is 5.07. The molecule has 1 saturated carbocycles.